The van der Waals surface area contributed by atoms with Crippen molar-refractivity contribution < 1.29 is 19.1 Å². The van der Waals surface area contributed by atoms with Gasteiger partial charge in [-0.25, -0.2) is 9.18 Å². The van der Waals surface area contributed by atoms with Gasteiger partial charge < -0.3 is 10.0 Å². The fraction of sp³-hybridized carbons (Fsp3) is 0.333. The van der Waals surface area contributed by atoms with Crippen molar-refractivity contribution in [2.45, 2.75) is 19.4 Å². The average Bonchev–Trinajstić information content (AvgIpc) is 2.30. The van der Waals surface area contributed by atoms with E-state index in [-0.39, 0.29) is 17.1 Å². The Balaban J connectivity index is 3.18. The van der Waals surface area contributed by atoms with Crippen molar-refractivity contribution >= 4 is 24.0 Å². The molecule has 0 aromatic heterocycles. The minimum atomic E-state index is -1.20. The average molecular weight is 274 g/mol. The van der Waals surface area contributed by atoms with Crippen molar-refractivity contribution in [3.8, 4) is 0 Å². The molecule has 0 aliphatic carbocycles. The van der Waals surface area contributed by atoms with Crippen molar-refractivity contribution in [2.75, 3.05) is 6.54 Å². The molecular formula is C12H13ClFNO3. The van der Waals surface area contributed by atoms with Crippen LogP contribution in [0.1, 0.15) is 24.9 Å². The Morgan fingerprint density at radius 2 is 2.28 bits per heavy atom. The van der Waals surface area contributed by atoms with Gasteiger partial charge in [0.1, 0.15) is 5.82 Å². The van der Waals surface area contributed by atoms with Crippen molar-refractivity contribution in [3.63, 3.8) is 0 Å². The predicted octanol–water partition coefficient (Wildman–Crippen LogP) is 2.47. The van der Waals surface area contributed by atoms with Crippen LogP contribution >= 0.6 is 11.6 Å². The zero-order valence-electron chi connectivity index (χ0n) is 9.77. The lowest BCUT2D eigenvalue weighted by atomic mass is 10.1. The maximum Gasteiger partial charge on any atom is 0.331 e. The van der Waals surface area contributed by atoms with Gasteiger partial charge in [-0.3, -0.25) is 4.79 Å². The Labute approximate surface area is 109 Å². The molecule has 0 bridgehead atoms. The van der Waals surface area contributed by atoms with E-state index in [0.717, 1.165) is 17.0 Å². The highest BCUT2D eigenvalue weighted by molar-refractivity contribution is 6.31. The van der Waals surface area contributed by atoms with Crippen LogP contribution in [0.3, 0.4) is 0 Å². The van der Waals surface area contributed by atoms with Crippen LogP contribution < -0.4 is 0 Å². The van der Waals surface area contributed by atoms with E-state index in [1.165, 1.54) is 6.07 Å². The number of carboxylic acids is 1. The Hall–Kier alpha value is -1.62. The van der Waals surface area contributed by atoms with Gasteiger partial charge in [0.15, 0.2) is 6.04 Å². The molecule has 1 N–H and O–H groups in total. The Bertz CT molecular complexity index is 453. The van der Waals surface area contributed by atoms with E-state index in [9.17, 15) is 19.1 Å². The topological polar surface area (TPSA) is 57.6 Å². The molecule has 0 heterocycles. The number of carboxylic acid groups (broad SMARTS) is 1. The quantitative estimate of drug-likeness (QED) is 0.810. The van der Waals surface area contributed by atoms with Crippen LogP contribution in [0.25, 0.3) is 0 Å². The van der Waals surface area contributed by atoms with Crippen LogP contribution in [0.5, 0.6) is 0 Å². The highest BCUT2D eigenvalue weighted by Gasteiger charge is 2.28. The number of amides is 1. The number of aliphatic carboxylic acids is 1. The first-order valence-corrected chi connectivity index (χ1v) is 5.77. The van der Waals surface area contributed by atoms with Gasteiger partial charge in [0.25, 0.3) is 0 Å². The van der Waals surface area contributed by atoms with Gasteiger partial charge in [-0.2, -0.15) is 0 Å². The second-order valence-electron chi connectivity index (χ2n) is 3.75. The van der Waals surface area contributed by atoms with Gasteiger partial charge in [0.2, 0.25) is 6.41 Å². The molecule has 0 aliphatic heterocycles. The number of rotatable bonds is 6. The van der Waals surface area contributed by atoms with Crippen LogP contribution in [0.2, 0.25) is 5.02 Å². The number of hydrogen-bond donors (Lipinski definition) is 1. The summed E-state index contributed by atoms with van der Waals surface area (Å²) >= 11 is 5.82. The molecular weight excluding hydrogens is 261 g/mol. The summed E-state index contributed by atoms with van der Waals surface area (Å²) < 4.78 is 12.9. The first kappa shape index (κ1) is 14.4. The fourth-order valence-corrected chi connectivity index (χ4v) is 1.95. The summed E-state index contributed by atoms with van der Waals surface area (Å²) in [7, 11) is 0. The zero-order valence-corrected chi connectivity index (χ0v) is 10.5. The smallest absolute Gasteiger partial charge is 0.331 e. The largest absolute Gasteiger partial charge is 0.479 e. The molecule has 1 aromatic rings. The minimum absolute atomic E-state index is 0.00893. The second kappa shape index (κ2) is 6.35. The molecule has 0 fully saturated rings. The van der Waals surface area contributed by atoms with Crippen molar-refractivity contribution in [3.05, 3.63) is 34.6 Å². The van der Waals surface area contributed by atoms with E-state index in [1.54, 1.807) is 0 Å². The first-order chi connectivity index (χ1) is 8.51. The summed E-state index contributed by atoms with van der Waals surface area (Å²) in [6, 6.07) is 2.23. The molecule has 6 heteroatoms. The number of carbonyl (C=O) groups excluding carboxylic acids is 1. The molecule has 0 saturated carbocycles. The molecule has 1 amide bonds. The lowest BCUT2D eigenvalue weighted by Crippen LogP contribution is -2.34. The van der Waals surface area contributed by atoms with Gasteiger partial charge in [0, 0.05) is 17.1 Å². The van der Waals surface area contributed by atoms with Crippen LogP contribution in [0, 0.1) is 5.82 Å². The molecule has 18 heavy (non-hydrogen) atoms. The number of hydrogen-bond acceptors (Lipinski definition) is 2. The number of benzene rings is 1. The van der Waals surface area contributed by atoms with E-state index in [4.69, 9.17) is 11.6 Å². The summed E-state index contributed by atoms with van der Waals surface area (Å²) in [5.74, 6) is -1.76. The summed E-state index contributed by atoms with van der Waals surface area (Å²) in [5.41, 5.74) is 0.200. The molecule has 98 valence electrons. The van der Waals surface area contributed by atoms with Gasteiger partial charge in [-0.15, -0.1) is 0 Å². The fourth-order valence-electron chi connectivity index (χ4n) is 1.68. The molecule has 1 atom stereocenters. The molecule has 0 saturated heterocycles. The van der Waals surface area contributed by atoms with E-state index in [0.29, 0.717) is 12.8 Å². The monoisotopic (exact) mass is 273 g/mol. The van der Waals surface area contributed by atoms with Gasteiger partial charge >= 0.3 is 5.97 Å². The molecule has 0 aliphatic rings. The van der Waals surface area contributed by atoms with Gasteiger partial charge in [-0.1, -0.05) is 24.6 Å². The highest BCUT2D eigenvalue weighted by atomic mass is 35.5. The molecule has 1 aromatic carbocycles. The first-order valence-electron chi connectivity index (χ1n) is 5.40. The number of carbonyl (C=O) groups is 2. The van der Waals surface area contributed by atoms with Crippen LogP contribution in [0.4, 0.5) is 4.39 Å². The summed E-state index contributed by atoms with van der Waals surface area (Å²) in [4.78, 5) is 23.3. The van der Waals surface area contributed by atoms with Crippen molar-refractivity contribution in [1.29, 1.82) is 0 Å². The number of nitrogens with zero attached hydrogens (tertiary/aromatic N) is 1. The predicted molar refractivity (Wildman–Crippen MR) is 64.8 cm³/mol. The second-order valence-corrected chi connectivity index (χ2v) is 4.16. The maximum absolute atomic E-state index is 12.9. The molecule has 0 radical (unpaired) electrons. The molecule has 1 unspecified atom stereocenters. The summed E-state index contributed by atoms with van der Waals surface area (Å²) in [6.07, 6.45) is 1.07. The van der Waals surface area contributed by atoms with Crippen molar-refractivity contribution in [2.24, 2.45) is 0 Å². The van der Waals surface area contributed by atoms with Gasteiger partial charge in [-0.05, 0) is 18.6 Å². The van der Waals surface area contributed by atoms with E-state index >= 15 is 0 Å². The van der Waals surface area contributed by atoms with Crippen molar-refractivity contribution in [1.82, 2.24) is 4.90 Å². The highest BCUT2D eigenvalue weighted by Crippen LogP contribution is 2.28. The minimum Gasteiger partial charge on any atom is -0.479 e. The lowest BCUT2D eigenvalue weighted by Gasteiger charge is -2.25. The van der Waals surface area contributed by atoms with Crippen LogP contribution in [0.15, 0.2) is 18.2 Å². The Morgan fingerprint density at radius 1 is 1.61 bits per heavy atom. The normalized spacial score (nSPS) is 11.9. The standard InChI is InChI=1S/C12H13ClFNO3/c1-2-5-15(7-16)11(12(17)18)9-4-3-8(14)6-10(9)13/h3-4,6-7,11H,2,5H2,1H3,(H,17,18). The number of halogens is 2. The van der Waals surface area contributed by atoms with E-state index in [1.807, 2.05) is 6.92 Å². The zero-order chi connectivity index (χ0) is 13.7. The Kier molecular flexibility index (Phi) is 5.09. The molecule has 4 nitrogen and oxygen atoms in total. The van der Waals surface area contributed by atoms with E-state index < -0.39 is 17.8 Å². The SMILES string of the molecule is CCCN(C=O)C(C(=O)O)c1ccc(F)cc1Cl. The van der Waals surface area contributed by atoms with E-state index in [2.05, 4.69) is 0 Å². The van der Waals surface area contributed by atoms with Gasteiger partial charge in [0.05, 0.1) is 0 Å². The third-order valence-electron chi connectivity index (χ3n) is 2.44. The Morgan fingerprint density at radius 3 is 2.72 bits per heavy atom. The van der Waals surface area contributed by atoms with Crippen LogP contribution in [-0.4, -0.2) is 28.9 Å². The summed E-state index contributed by atoms with van der Waals surface area (Å²) in [6.45, 7) is 2.11. The van der Waals surface area contributed by atoms with Crippen LogP contribution in [-0.2, 0) is 9.59 Å². The molecule has 0 spiro atoms. The maximum atomic E-state index is 12.9. The summed E-state index contributed by atoms with van der Waals surface area (Å²) in [5, 5.41) is 9.19. The lowest BCUT2D eigenvalue weighted by molar-refractivity contribution is -0.146. The third-order valence-corrected chi connectivity index (χ3v) is 2.77. The third kappa shape index (κ3) is 3.20. The molecule has 1 rings (SSSR count).